The molecule has 0 saturated carbocycles. The van der Waals surface area contributed by atoms with Gasteiger partial charge in [0.05, 0.1) is 6.42 Å². The molecular weight excluding hydrogens is 536 g/mol. The van der Waals surface area contributed by atoms with E-state index in [1.54, 1.807) is 24.5 Å². The number of carboxylic acid groups (broad SMARTS) is 1. The number of halogens is 6. The summed E-state index contributed by atoms with van der Waals surface area (Å²) in [6.07, 6.45) is -7.57. The molecule has 0 spiro atoms. The largest absolute Gasteiger partial charge is 0.481 e. The molecular formula is C29H29F6N3O2. The molecule has 11 heteroatoms. The normalized spacial score (nSPS) is 17.6. The minimum Gasteiger partial charge on any atom is -0.481 e. The van der Waals surface area contributed by atoms with Crippen LogP contribution in [0.2, 0.25) is 0 Å². The van der Waals surface area contributed by atoms with Gasteiger partial charge in [-0.25, -0.2) is 0 Å². The zero-order valence-electron chi connectivity index (χ0n) is 21.7. The van der Waals surface area contributed by atoms with Crippen LogP contribution >= 0.6 is 0 Å². The van der Waals surface area contributed by atoms with Crippen molar-refractivity contribution in [1.82, 2.24) is 14.8 Å². The Morgan fingerprint density at radius 1 is 0.825 bits per heavy atom. The lowest BCUT2D eigenvalue weighted by Crippen LogP contribution is -2.52. The first kappa shape index (κ1) is 29.5. The Balaban J connectivity index is 1.43. The number of pyridine rings is 1. The molecule has 1 atom stereocenters. The summed E-state index contributed by atoms with van der Waals surface area (Å²) in [6, 6.07) is 15.2. The molecule has 2 aromatic carbocycles. The van der Waals surface area contributed by atoms with Crippen molar-refractivity contribution in [2.45, 2.75) is 50.2 Å². The van der Waals surface area contributed by atoms with Crippen LogP contribution in [0, 0.1) is 0 Å². The third kappa shape index (κ3) is 6.47. The highest BCUT2D eigenvalue weighted by molar-refractivity contribution is 5.67. The van der Waals surface area contributed by atoms with Crippen molar-refractivity contribution < 1.29 is 36.2 Å². The molecule has 0 radical (unpaired) electrons. The van der Waals surface area contributed by atoms with E-state index in [-0.39, 0.29) is 19.4 Å². The van der Waals surface area contributed by atoms with Gasteiger partial charge in [0.25, 0.3) is 0 Å². The molecule has 0 aliphatic carbocycles. The predicted octanol–water partition coefficient (Wildman–Crippen LogP) is 6.29. The van der Waals surface area contributed by atoms with Gasteiger partial charge in [0.15, 0.2) is 5.41 Å². The Morgan fingerprint density at radius 2 is 1.35 bits per heavy atom. The van der Waals surface area contributed by atoms with Crippen molar-refractivity contribution in [2.75, 3.05) is 19.6 Å². The molecule has 3 aromatic rings. The summed E-state index contributed by atoms with van der Waals surface area (Å²) < 4.78 is 80.4. The summed E-state index contributed by atoms with van der Waals surface area (Å²) in [6.45, 7) is 3.36. The van der Waals surface area contributed by atoms with Gasteiger partial charge in [0.1, 0.15) is 0 Å². The minimum absolute atomic E-state index is 0.0121. The number of carboxylic acids is 1. The quantitative estimate of drug-likeness (QED) is 0.326. The molecule has 1 aliphatic heterocycles. The Bertz CT molecular complexity index is 1260. The number of aliphatic carboxylic acids is 1. The monoisotopic (exact) mass is 565 g/mol. The van der Waals surface area contributed by atoms with E-state index in [0.29, 0.717) is 37.3 Å². The molecule has 1 saturated heterocycles. The number of hydrogen-bond donors (Lipinski definition) is 1. The molecule has 214 valence electrons. The fourth-order valence-electron chi connectivity index (χ4n) is 4.97. The molecule has 0 amide bonds. The highest BCUT2D eigenvalue weighted by atomic mass is 19.4. The third-order valence-corrected chi connectivity index (χ3v) is 7.52. The SMILES string of the molecule is CC(c1ccc(-c2ccc(CN3CCN(Cc4ccncc4)[C@H](CC(=O)O)C3)cc2)cc1)(C(F)(F)F)C(F)(F)F. The lowest BCUT2D eigenvalue weighted by atomic mass is 9.80. The molecule has 1 fully saturated rings. The zero-order valence-corrected chi connectivity index (χ0v) is 21.7. The van der Waals surface area contributed by atoms with Crippen LogP contribution in [0.5, 0.6) is 0 Å². The second-order valence-electron chi connectivity index (χ2n) is 10.2. The number of nitrogens with zero attached hydrogens (tertiary/aromatic N) is 3. The molecule has 2 heterocycles. The fourth-order valence-corrected chi connectivity index (χ4v) is 4.97. The van der Waals surface area contributed by atoms with Gasteiger partial charge in [0, 0.05) is 51.2 Å². The first-order valence-corrected chi connectivity index (χ1v) is 12.7. The molecule has 1 aromatic heterocycles. The summed E-state index contributed by atoms with van der Waals surface area (Å²) in [4.78, 5) is 19.9. The highest BCUT2D eigenvalue weighted by Gasteiger charge is 2.68. The molecule has 40 heavy (non-hydrogen) atoms. The van der Waals surface area contributed by atoms with Gasteiger partial charge in [-0.1, -0.05) is 48.5 Å². The molecule has 4 rings (SSSR count). The van der Waals surface area contributed by atoms with E-state index in [1.807, 2.05) is 24.3 Å². The van der Waals surface area contributed by atoms with E-state index in [0.717, 1.165) is 29.8 Å². The Labute approximate surface area is 228 Å². The average Bonchev–Trinajstić information content (AvgIpc) is 2.89. The number of carbonyl (C=O) groups is 1. The molecule has 1 N–H and O–H groups in total. The van der Waals surface area contributed by atoms with Crippen LogP contribution in [0.4, 0.5) is 26.3 Å². The minimum atomic E-state index is -5.50. The van der Waals surface area contributed by atoms with Crippen LogP contribution in [-0.4, -0.2) is 63.9 Å². The maximum atomic E-state index is 13.4. The van der Waals surface area contributed by atoms with Crippen LogP contribution in [0.1, 0.15) is 30.0 Å². The van der Waals surface area contributed by atoms with Crippen molar-refractivity contribution in [2.24, 2.45) is 0 Å². The highest BCUT2D eigenvalue weighted by Crippen LogP contribution is 2.51. The Morgan fingerprint density at radius 3 is 1.88 bits per heavy atom. The van der Waals surface area contributed by atoms with Crippen molar-refractivity contribution in [3.8, 4) is 11.1 Å². The second kappa shape index (κ2) is 11.6. The molecule has 0 unspecified atom stereocenters. The van der Waals surface area contributed by atoms with Crippen molar-refractivity contribution in [3.63, 3.8) is 0 Å². The maximum absolute atomic E-state index is 13.4. The summed E-state index contributed by atoms with van der Waals surface area (Å²) in [5.74, 6) is -0.868. The van der Waals surface area contributed by atoms with Gasteiger partial charge >= 0.3 is 18.3 Å². The lowest BCUT2D eigenvalue weighted by Gasteiger charge is -2.41. The fraction of sp³-hybridized carbons (Fsp3) is 0.379. The number of aromatic nitrogens is 1. The van der Waals surface area contributed by atoms with Gasteiger partial charge in [-0.3, -0.25) is 19.6 Å². The third-order valence-electron chi connectivity index (χ3n) is 7.52. The van der Waals surface area contributed by atoms with Crippen LogP contribution < -0.4 is 0 Å². The van der Waals surface area contributed by atoms with Crippen LogP contribution in [-0.2, 0) is 23.3 Å². The first-order chi connectivity index (χ1) is 18.8. The van der Waals surface area contributed by atoms with Crippen LogP contribution in [0.3, 0.4) is 0 Å². The van der Waals surface area contributed by atoms with E-state index < -0.39 is 29.3 Å². The van der Waals surface area contributed by atoms with Crippen molar-refractivity contribution in [1.29, 1.82) is 0 Å². The second-order valence-corrected chi connectivity index (χ2v) is 10.2. The lowest BCUT2D eigenvalue weighted by molar-refractivity contribution is -0.297. The summed E-state index contributed by atoms with van der Waals surface area (Å²) in [5.41, 5.74) is -1.67. The van der Waals surface area contributed by atoms with E-state index in [9.17, 15) is 36.2 Å². The number of benzene rings is 2. The Kier molecular flexibility index (Phi) is 8.55. The van der Waals surface area contributed by atoms with Gasteiger partial charge in [-0.2, -0.15) is 26.3 Å². The topological polar surface area (TPSA) is 56.7 Å². The molecule has 5 nitrogen and oxygen atoms in total. The standard InChI is InChI=1S/C29H29F6N3O2/c1-27(28(30,31)32,29(33,34)35)24-8-6-23(7-9-24)22-4-2-20(3-5-22)17-37-14-15-38(25(19-37)16-26(39)40)18-21-10-12-36-13-11-21/h2-13,25H,14-19H2,1H3,(H,39,40)/t25-/m1/s1. The first-order valence-electron chi connectivity index (χ1n) is 12.7. The van der Waals surface area contributed by atoms with E-state index in [1.165, 1.54) is 12.1 Å². The van der Waals surface area contributed by atoms with E-state index in [4.69, 9.17) is 0 Å². The zero-order chi connectivity index (χ0) is 29.1. The summed E-state index contributed by atoms with van der Waals surface area (Å²) in [5, 5.41) is 9.44. The maximum Gasteiger partial charge on any atom is 0.406 e. The number of piperazine rings is 1. The van der Waals surface area contributed by atoms with Crippen LogP contribution in [0.25, 0.3) is 11.1 Å². The predicted molar refractivity (Wildman–Crippen MR) is 137 cm³/mol. The summed E-state index contributed by atoms with van der Waals surface area (Å²) in [7, 11) is 0. The number of hydrogen-bond acceptors (Lipinski definition) is 4. The van der Waals surface area contributed by atoms with Gasteiger partial charge in [0.2, 0.25) is 0 Å². The van der Waals surface area contributed by atoms with Crippen molar-refractivity contribution >= 4 is 5.97 Å². The summed E-state index contributed by atoms with van der Waals surface area (Å²) >= 11 is 0. The van der Waals surface area contributed by atoms with E-state index >= 15 is 0 Å². The Hall–Kier alpha value is -3.44. The van der Waals surface area contributed by atoms with Gasteiger partial charge in [-0.05, 0) is 46.9 Å². The van der Waals surface area contributed by atoms with Gasteiger partial charge in [-0.15, -0.1) is 0 Å². The average molecular weight is 566 g/mol. The number of rotatable bonds is 8. The number of alkyl halides is 6. The molecule has 1 aliphatic rings. The van der Waals surface area contributed by atoms with Crippen molar-refractivity contribution in [3.05, 3.63) is 89.7 Å². The van der Waals surface area contributed by atoms with Crippen LogP contribution in [0.15, 0.2) is 73.1 Å². The van der Waals surface area contributed by atoms with E-state index in [2.05, 4.69) is 14.8 Å². The van der Waals surface area contributed by atoms with Gasteiger partial charge < -0.3 is 5.11 Å². The smallest absolute Gasteiger partial charge is 0.406 e. The molecule has 0 bridgehead atoms.